The summed E-state index contributed by atoms with van der Waals surface area (Å²) < 4.78 is 0. The molecule has 0 atom stereocenters. The molecule has 0 saturated carbocycles. The first-order valence-electron chi connectivity index (χ1n) is 15.7. The standard InChI is InChI=1S/C33H62P/c1-4-7-10-13-16-19-25-30-34(33-28-23-22-24-29-33,31-26-20-17-14-11-8-5-2)32-27-21-18-15-12-9-6-3/h22-24,28-29H,4-21,25-27,30-32H2,1-3H3/q+1. The molecule has 0 saturated heterocycles. The summed E-state index contributed by atoms with van der Waals surface area (Å²) in [4.78, 5) is 0. The third-order valence-corrected chi connectivity index (χ3v) is 12.8. The van der Waals surface area contributed by atoms with Gasteiger partial charge >= 0.3 is 0 Å². The van der Waals surface area contributed by atoms with E-state index < -0.39 is 7.26 Å². The molecule has 0 nitrogen and oxygen atoms in total. The number of benzene rings is 1. The predicted octanol–water partition coefficient (Wildman–Crippen LogP) is 11.6. The highest BCUT2D eigenvalue weighted by molar-refractivity contribution is 7.82. The SMILES string of the molecule is CCCCCCCCC[P+](CCCCCCCCC)(CCCCCCCCC)c1ccccc1. The second-order valence-corrected chi connectivity index (χ2v) is 15.2. The van der Waals surface area contributed by atoms with Crippen molar-refractivity contribution in [3.8, 4) is 0 Å². The van der Waals surface area contributed by atoms with Crippen molar-refractivity contribution in [1.29, 1.82) is 0 Å². The molecule has 1 aromatic rings. The van der Waals surface area contributed by atoms with Crippen LogP contribution >= 0.6 is 7.26 Å². The first-order chi connectivity index (χ1) is 16.8. The van der Waals surface area contributed by atoms with Gasteiger partial charge in [-0.3, -0.25) is 0 Å². The van der Waals surface area contributed by atoms with Crippen molar-refractivity contribution in [2.75, 3.05) is 18.5 Å². The van der Waals surface area contributed by atoms with Crippen LogP contribution in [-0.4, -0.2) is 18.5 Å². The molecule has 0 aromatic heterocycles. The van der Waals surface area contributed by atoms with E-state index in [1.807, 2.05) is 0 Å². The second-order valence-electron chi connectivity index (χ2n) is 11.0. The molecule has 0 heterocycles. The van der Waals surface area contributed by atoms with Gasteiger partial charge in [-0.1, -0.05) is 135 Å². The Bertz CT molecular complexity index is 477. The molecule has 0 N–H and O–H groups in total. The lowest BCUT2D eigenvalue weighted by Gasteiger charge is -2.28. The Morgan fingerprint density at radius 2 is 0.676 bits per heavy atom. The Balaban J connectivity index is 2.66. The van der Waals surface area contributed by atoms with E-state index in [9.17, 15) is 0 Å². The van der Waals surface area contributed by atoms with Crippen LogP contribution in [0, 0.1) is 0 Å². The molecule has 0 aliphatic rings. The van der Waals surface area contributed by atoms with Gasteiger partial charge in [-0.25, -0.2) is 0 Å². The lowest BCUT2D eigenvalue weighted by molar-refractivity contribution is 0.596. The number of hydrogen-bond acceptors (Lipinski definition) is 0. The first-order valence-corrected chi connectivity index (χ1v) is 18.0. The molecule has 0 aliphatic carbocycles. The minimum absolute atomic E-state index is 1.03. The predicted molar refractivity (Wildman–Crippen MR) is 162 cm³/mol. The number of hydrogen-bond donors (Lipinski definition) is 0. The summed E-state index contributed by atoms with van der Waals surface area (Å²) in [6, 6.07) is 11.9. The maximum absolute atomic E-state index is 2.51. The smallest absolute Gasteiger partial charge is 0.0654 e. The number of unbranched alkanes of at least 4 members (excludes halogenated alkanes) is 18. The molecule has 0 spiro atoms. The Hall–Kier alpha value is -0.350. The van der Waals surface area contributed by atoms with E-state index in [-0.39, 0.29) is 0 Å². The summed E-state index contributed by atoms with van der Waals surface area (Å²) in [5.41, 5.74) is 0. The van der Waals surface area contributed by atoms with E-state index in [0.29, 0.717) is 0 Å². The lowest BCUT2D eigenvalue weighted by Crippen LogP contribution is -2.21. The van der Waals surface area contributed by atoms with E-state index in [1.165, 1.54) is 153 Å². The molecule has 0 radical (unpaired) electrons. The van der Waals surface area contributed by atoms with E-state index >= 15 is 0 Å². The third-order valence-electron chi connectivity index (χ3n) is 7.87. The third kappa shape index (κ3) is 15.6. The molecular weight excluding hydrogens is 427 g/mol. The zero-order chi connectivity index (χ0) is 24.6. The molecule has 34 heavy (non-hydrogen) atoms. The fourth-order valence-electron chi connectivity index (χ4n) is 5.58. The summed E-state index contributed by atoms with van der Waals surface area (Å²) in [6.45, 7) is 6.98. The van der Waals surface area contributed by atoms with Crippen molar-refractivity contribution in [3.05, 3.63) is 30.3 Å². The molecule has 1 heteroatoms. The molecule has 1 aromatic carbocycles. The van der Waals surface area contributed by atoms with Crippen LogP contribution in [0.3, 0.4) is 0 Å². The van der Waals surface area contributed by atoms with Crippen molar-refractivity contribution in [2.24, 2.45) is 0 Å². The van der Waals surface area contributed by atoms with Crippen LogP contribution in [-0.2, 0) is 0 Å². The van der Waals surface area contributed by atoms with Crippen LogP contribution in [0.4, 0.5) is 0 Å². The Morgan fingerprint density at radius 1 is 0.382 bits per heavy atom. The van der Waals surface area contributed by atoms with Crippen molar-refractivity contribution in [2.45, 2.75) is 156 Å². The summed E-state index contributed by atoms with van der Waals surface area (Å²) >= 11 is 0. The van der Waals surface area contributed by atoms with Gasteiger partial charge < -0.3 is 0 Å². The number of rotatable bonds is 25. The molecule has 0 amide bonds. The highest BCUT2D eigenvalue weighted by atomic mass is 31.2. The lowest BCUT2D eigenvalue weighted by atomic mass is 10.1. The largest absolute Gasteiger partial charge is 0.0939 e. The van der Waals surface area contributed by atoms with Gasteiger partial charge in [0, 0.05) is 7.26 Å². The van der Waals surface area contributed by atoms with Gasteiger partial charge in [0.05, 0.1) is 23.8 Å². The summed E-state index contributed by atoms with van der Waals surface area (Å²) in [7, 11) is -1.03. The Kier molecular flexibility index (Phi) is 21.5. The van der Waals surface area contributed by atoms with Gasteiger partial charge in [0.25, 0.3) is 0 Å². The van der Waals surface area contributed by atoms with Gasteiger partial charge in [0.2, 0.25) is 0 Å². The average Bonchev–Trinajstić information content (AvgIpc) is 2.87. The first kappa shape index (κ1) is 31.7. The highest BCUT2D eigenvalue weighted by Crippen LogP contribution is 2.59. The molecule has 0 unspecified atom stereocenters. The van der Waals surface area contributed by atoms with Gasteiger partial charge in [0.15, 0.2) is 0 Å². The quantitative estimate of drug-likeness (QED) is 0.0946. The van der Waals surface area contributed by atoms with Crippen molar-refractivity contribution < 1.29 is 0 Å². The monoisotopic (exact) mass is 489 g/mol. The molecule has 0 aliphatic heterocycles. The molecule has 198 valence electrons. The van der Waals surface area contributed by atoms with Crippen molar-refractivity contribution in [3.63, 3.8) is 0 Å². The minimum Gasteiger partial charge on any atom is -0.0654 e. The van der Waals surface area contributed by atoms with Crippen LogP contribution in [0.2, 0.25) is 0 Å². The van der Waals surface area contributed by atoms with E-state index in [2.05, 4.69) is 51.1 Å². The fourth-order valence-corrected chi connectivity index (χ4v) is 10.3. The molecular formula is C33H62P+. The maximum Gasteiger partial charge on any atom is 0.0939 e. The summed E-state index contributed by atoms with van der Waals surface area (Å²) in [5.74, 6) is 0. The molecule has 0 fully saturated rings. The van der Waals surface area contributed by atoms with Gasteiger partial charge in [0.1, 0.15) is 0 Å². The average molecular weight is 490 g/mol. The van der Waals surface area contributed by atoms with Crippen molar-refractivity contribution in [1.82, 2.24) is 0 Å². The van der Waals surface area contributed by atoms with Crippen LogP contribution in [0.25, 0.3) is 0 Å². The van der Waals surface area contributed by atoms with Crippen molar-refractivity contribution >= 4 is 12.6 Å². The van der Waals surface area contributed by atoms with Crippen LogP contribution in [0.15, 0.2) is 30.3 Å². The van der Waals surface area contributed by atoms with Crippen LogP contribution < -0.4 is 5.30 Å². The second kappa shape index (κ2) is 23.1. The molecule has 1 rings (SSSR count). The van der Waals surface area contributed by atoms with E-state index in [1.54, 1.807) is 5.30 Å². The minimum atomic E-state index is -1.03. The van der Waals surface area contributed by atoms with E-state index in [4.69, 9.17) is 0 Å². The van der Waals surface area contributed by atoms with E-state index in [0.717, 1.165) is 0 Å². The topological polar surface area (TPSA) is 0 Å². The van der Waals surface area contributed by atoms with Gasteiger partial charge in [-0.05, 0) is 50.7 Å². The Morgan fingerprint density at radius 3 is 1.00 bits per heavy atom. The normalized spacial score (nSPS) is 11.9. The van der Waals surface area contributed by atoms with Gasteiger partial charge in [-0.2, -0.15) is 0 Å². The van der Waals surface area contributed by atoms with Crippen LogP contribution in [0.5, 0.6) is 0 Å². The fraction of sp³-hybridized carbons (Fsp3) is 0.818. The highest BCUT2D eigenvalue weighted by Gasteiger charge is 2.38. The zero-order valence-corrected chi connectivity index (χ0v) is 24.7. The molecule has 0 bridgehead atoms. The summed E-state index contributed by atoms with van der Waals surface area (Å²) in [5, 5.41) is 1.76. The maximum atomic E-state index is 2.51. The zero-order valence-electron chi connectivity index (χ0n) is 23.8. The van der Waals surface area contributed by atoms with Crippen LogP contribution in [0.1, 0.15) is 156 Å². The Labute approximate surface area is 216 Å². The summed E-state index contributed by atoms with van der Waals surface area (Å²) in [6.07, 6.45) is 34.9. The van der Waals surface area contributed by atoms with Gasteiger partial charge in [-0.15, -0.1) is 0 Å².